The smallest absolute Gasteiger partial charge is 0.330 e. The predicted octanol–water partition coefficient (Wildman–Crippen LogP) is 0.822. The highest BCUT2D eigenvalue weighted by atomic mass is 19.1. The fraction of sp³-hybridized carbons (Fsp3) is 0.538. The summed E-state index contributed by atoms with van der Waals surface area (Å²) in [6.07, 6.45) is 4.57. The van der Waals surface area contributed by atoms with Gasteiger partial charge in [-0.3, -0.25) is 14.3 Å². The molecule has 1 aliphatic rings. The lowest BCUT2D eigenvalue weighted by atomic mass is 9.86. The lowest BCUT2D eigenvalue weighted by Crippen LogP contribution is -2.34. The predicted molar refractivity (Wildman–Crippen MR) is 67.4 cm³/mol. The minimum absolute atomic E-state index is 0.444. The molecule has 0 spiro atoms. The van der Waals surface area contributed by atoms with E-state index in [1.807, 2.05) is 0 Å². The second-order valence-corrected chi connectivity index (χ2v) is 4.65. The molecule has 0 radical (unpaired) electrons. The number of hydrogen-bond donors (Lipinski definition) is 1. The Kier molecular flexibility index (Phi) is 3.33. The number of aromatic nitrogens is 2. The molecule has 0 bridgehead atoms. The van der Waals surface area contributed by atoms with Crippen LogP contribution in [0.4, 0.5) is 4.39 Å². The lowest BCUT2D eigenvalue weighted by molar-refractivity contribution is -0.0587. The Morgan fingerprint density at radius 3 is 2.79 bits per heavy atom. The third kappa shape index (κ3) is 2.00. The topological polar surface area (TPSA) is 64.1 Å². The summed E-state index contributed by atoms with van der Waals surface area (Å²) in [6.45, 7) is 3.46. The van der Waals surface area contributed by atoms with E-state index in [0.717, 1.165) is 10.6 Å². The summed E-state index contributed by atoms with van der Waals surface area (Å²) in [6, 6.07) is 1.14. The Hall–Kier alpha value is -1.87. The van der Waals surface area contributed by atoms with Crippen LogP contribution in [0.1, 0.15) is 26.5 Å². The van der Waals surface area contributed by atoms with Gasteiger partial charge in [-0.25, -0.2) is 9.18 Å². The number of aromatic amines is 1. The number of hydrogen-bond acceptors (Lipinski definition) is 3. The van der Waals surface area contributed by atoms with Crippen LogP contribution < -0.4 is 11.2 Å². The molecule has 0 saturated carbocycles. The first-order valence-electron chi connectivity index (χ1n) is 6.06. The van der Waals surface area contributed by atoms with Crippen molar-refractivity contribution in [3.8, 4) is 12.3 Å². The maximum absolute atomic E-state index is 14.3. The first-order chi connectivity index (χ1) is 8.95. The van der Waals surface area contributed by atoms with Crippen molar-refractivity contribution in [2.45, 2.75) is 38.3 Å². The van der Waals surface area contributed by atoms with E-state index >= 15 is 0 Å². The zero-order valence-electron chi connectivity index (χ0n) is 10.7. The highest BCUT2D eigenvalue weighted by Gasteiger charge is 2.52. The molecule has 1 aromatic rings. The van der Waals surface area contributed by atoms with Gasteiger partial charge in [0.2, 0.25) is 0 Å². The molecule has 6 heteroatoms. The molecule has 5 nitrogen and oxygen atoms in total. The van der Waals surface area contributed by atoms with Gasteiger partial charge < -0.3 is 4.74 Å². The minimum Gasteiger partial charge on any atom is -0.335 e. The number of terminal acetylenes is 1. The Morgan fingerprint density at radius 1 is 1.63 bits per heavy atom. The normalized spacial score (nSPS) is 34.1. The molecule has 102 valence electrons. The minimum atomic E-state index is -1.42. The molecule has 0 aliphatic carbocycles. The van der Waals surface area contributed by atoms with E-state index in [0.29, 0.717) is 6.42 Å². The second-order valence-electron chi connectivity index (χ2n) is 4.65. The molecule has 0 unspecified atom stereocenters. The summed E-state index contributed by atoms with van der Waals surface area (Å²) >= 11 is 0. The van der Waals surface area contributed by atoms with Crippen LogP contribution in [-0.4, -0.2) is 21.3 Å². The van der Waals surface area contributed by atoms with Crippen LogP contribution in [0, 0.1) is 18.3 Å². The molecular formula is C13H15FN2O3. The van der Waals surface area contributed by atoms with Gasteiger partial charge in [0.25, 0.3) is 5.56 Å². The van der Waals surface area contributed by atoms with Crippen molar-refractivity contribution in [1.82, 2.24) is 9.55 Å². The first kappa shape index (κ1) is 13.6. The molecule has 1 aliphatic heterocycles. The summed E-state index contributed by atoms with van der Waals surface area (Å²) in [4.78, 5) is 24.8. The third-order valence-electron chi connectivity index (χ3n) is 3.71. The Balaban J connectivity index is 2.46. The molecule has 0 aromatic carbocycles. The van der Waals surface area contributed by atoms with Crippen LogP contribution in [0.15, 0.2) is 21.9 Å². The van der Waals surface area contributed by atoms with E-state index < -0.39 is 35.2 Å². The van der Waals surface area contributed by atoms with Gasteiger partial charge in [0.15, 0.2) is 12.4 Å². The summed E-state index contributed by atoms with van der Waals surface area (Å²) < 4.78 is 21.0. The molecule has 1 saturated heterocycles. The monoisotopic (exact) mass is 266 g/mol. The Morgan fingerprint density at radius 2 is 2.32 bits per heavy atom. The van der Waals surface area contributed by atoms with Crippen molar-refractivity contribution in [2.75, 3.05) is 0 Å². The van der Waals surface area contributed by atoms with Gasteiger partial charge in [-0.05, 0) is 6.42 Å². The quantitative estimate of drug-likeness (QED) is 0.806. The van der Waals surface area contributed by atoms with E-state index in [1.54, 1.807) is 13.8 Å². The third-order valence-corrected chi connectivity index (χ3v) is 3.71. The van der Waals surface area contributed by atoms with Crippen molar-refractivity contribution in [3.05, 3.63) is 33.1 Å². The van der Waals surface area contributed by atoms with Gasteiger partial charge in [0, 0.05) is 18.2 Å². The Labute approximate surface area is 109 Å². The molecular weight excluding hydrogens is 251 g/mol. The summed E-state index contributed by atoms with van der Waals surface area (Å²) in [5.74, 6) is 1.95. The zero-order chi connectivity index (χ0) is 14.2. The highest BCUT2D eigenvalue weighted by Crippen LogP contribution is 2.44. The van der Waals surface area contributed by atoms with Crippen LogP contribution in [-0.2, 0) is 4.74 Å². The standard InChI is InChI=1S/C13H15FN2O3/c1-4-13(5-2)8(3)10(14)11(19-13)16-7-6-9(17)15-12(16)18/h1,6-8,10-11H,5H2,2-3H3,(H,15,17,18)/t8-,10-,11+,13+/m0/s1. The number of nitrogens with zero attached hydrogens (tertiary/aromatic N) is 1. The molecule has 4 atom stereocenters. The van der Waals surface area contributed by atoms with Gasteiger partial charge in [-0.2, -0.15) is 0 Å². The SMILES string of the molecule is C#C[C@]1(CC)O[C@@H](n2ccc(=O)[nH]c2=O)[C@@H](F)[C@@H]1C. The van der Waals surface area contributed by atoms with Gasteiger partial charge >= 0.3 is 5.69 Å². The van der Waals surface area contributed by atoms with Crippen LogP contribution in [0.5, 0.6) is 0 Å². The van der Waals surface area contributed by atoms with Crippen molar-refractivity contribution in [3.63, 3.8) is 0 Å². The van der Waals surface area contributed by atoms with Gasteiger partial charge in [-0.15, -0.1) is 6.42 Å². The lowest BCUT2D eigenvalue weighted by Gasteiger charge is -2.25. The van der Waals surface area contributed by atoms with Crippen LogP contribution in [0.2, 0.25) is 0 Å². The Bertz CT molecular complexity index is 630. The van der Waals surface area contributed by atoms with Gasteiger partial charge in [-0.1, -0.05) is 19.8 Å². The molecule has 1 fully saturated rings. The molecule has 2 heterocycles. The fourth-order valence-electron chi connectivity index (χ4n) is 2.40. The summed E-state index contributed by atoms with van der Waals surface area (Å²) in [5.41, 5.74) is -2.28. The number of rotatable bonds is 2. The van der Waals surface area contributed by atoms with Crippen molar-refractivity contribution in [2.24, 2.45) is 5.92 Å². The number of H-pyrrole nitrogens is 1. The summed E-state index contributed by atoms with van der Waals surface area (Å²) in [5, 5.41) is 0. The van der Waals surface area contributed by atoms with Crippen LogP contribution in [0.3, 0.4) is 0 Å². The number of alkyl halides is 1. The zero-order valence-corrected chi connectivity index (χ0v) is 10.7. The second kappa shape index (κ2) is 4.67. The number of ether oxygens (including phenoxy) is 1. The summed E-state index contributed by atoms with van der Waals surface area (Å²) in [7, 11) is 0. The van der Waals surface area contributed by atoms with Crippen molar-refractivity contribution in [1.29, 1.82) is 0 Å². The molecule has 0 amide bonds. The maximum atomic E-state index is 14.3. The van der Waals surface area contributed by atoms with E-state index in [9.17, 15) is 14.0 Å². The molecule has 19 heavy (non-hydrogen) atoms. The fourth-order valence-corrected chi connectivity index (χ4v) is 2.40. The average Bonchev–Trinajstić information content (AvgIpc) is 2.64. The van der Waals surface area contributed by atoms with Crippen molar-refractivity contribution >= 4 is 0 Å². The first-order valence-corrected chi connectivity index (χ1v) is 6.06. The average molecular weight is 266 g/mol. The van der Waals surface area contributed by atoms with Crippen molar-refractivity contribution < 1.29 is 9.13 Å². The molecule has 1 aromatic heterocycles. The molecule has 1 N–H and O–H groups in total. The van der Waals surface area contributed by atoms with E-state index in [-0.39, 0.29) is 0 Å². The van der Waals surface area contributed by atoms with Gasteiger partial charge in [0.05, 0.1) is 0 Å². The van der Waals surface area contributed by atoms with Crippen LogP contribution >= 0.6 is 0 Å². The van der Waals surface area contributed by atoms with Crippen LogP contribution in [0.25, 0.3) is 0 Å². The maximum Gasteiger partial charge on any atom is 0.330 e. The van der Waals surface area contributed by atoms with E-state index in [2.05, 4.69) is 10.9 Å². The highest BCUT2D eigenvalue weighted by molar-refractivity contribution is 5.16. The van der Waals surface area contributed by atoms with E-state index in [1.165, 1.54) is 6.20 Å². The number of nitrogens with one attached hydrogen (secondary N) is 1. The van der Waals surface area contributed by atoms with E-state index in [4.69, 9.17) is 11.2 Å². The largest absolute Gasteiger partial charge is 0.335 e. The number of halogens is 1. The molecule has 2 rings (SSSR count). The van der Waals surface area contributed by atoms with Gasteiger partial charge in [0.1, 0.15) is 5.60 Å².